The minimum Gasteiger partial charge on any atom is -0.335 e. The van der Waals surface area contributed by atoms with Gasteiger partial charge in [-0.15, -0.1) is 10.2 Å². The SMILES string of the molecule is C[C@H](c1ccccc1)N(CCC(=O)Nc1nnc(-c2ccc(C(F)(F)F)cc2)s1)C(=O)C1CCCC1. The number of anilines is 1. The van der Waals surface area contributed by atoms with E-state index in [1.807, 2.05) is 37.3 Å². The first-order valence-corrected chi connectivity index (χ1v) is 12.7. The van der Waals surface area contributed by atoms with Crippen LogP contribution in [0.5, 0.6) is 0 Å². The number of hydrogen-bond donors (Lipinski definition) is 1. The zero-order chi connectivity index (χ0) is 25.7. The highest BCUT2D eigenvalue weighted by molar-refractivity contribution is 7.18. The Morgan fingerprint density at radius 1 is 1.06 bits per heavy atom. The zero-order valence-electron chi connectivity index (χ0n) is 19.8. The minimum atomic E-state index is -4.41. The van der Waals surface area contributed by atoms with Crippen molar-refractivity contribution in [3.63, 3.8) is 0 Å². The van der Waals surface area contributed by atoms with Crippen molar-refractivity contribution in [3.05, 3.63) is 65.7 Å². The molecule has 1 atom stereocenters. The second-order valence-corrected chi connectivity index (χ2v) is 9.86. The van der Waals surface area contributed by atoms with E-state index in [1.165, 1.54) is 12.1 Å². The normalized spacial score (nSPS) is 15.0. The van der Waals surface area contributed by atoms with E-state index in [9.17, 15) is 22.8 Å². The second kappa shape index (κ2) is 11.2. The molecule has 1 aliphatic rings. The van der Waals surface area contributed by atoms with E-state index in [0.717, 1.165) is 54.7 Å². The molecule has 1 fully saturated rings. The lowest BCUT2D eigenvalue weighted by Crippen LogP contribution is -2.39. The number of carbonyl (C=O) groups is 2. The molecule has 0 unspecified atom stereocenters. The summed E-state index contributed by atoms with van der Waals surface area (Å²) in [6.45, 7) is 2.24. The van der Waals surface area contributed by atoms with Gasteiger partial charge in [0.05, 0.1) is 11.6 Å². The number of aromatic nitrogens is 2. The maximum atomic E-state index is 13.3. The van der Waals surface area contributed by atoms with Gasteiger partial charge in [-0.25, -0.2) is 0 Å². The molecule has 190 valence electrons. The molecule has 36 heavy (non-hydrogen) atoms. The Hall–Kier alpha value is -3.27. The van der Waals surface area contributed by atoms with Crippen LogP contribution in [0.15, 0.2) is 54.6 Å². The summed E-state index contributed by atoms with van der Waals surface area (Å²) in [6, 6.07) is 14.2. The van der Waals surface area contributed by atoms with Crippen LogP contribution < -0.4 is 5.32 Å². The van der Waals surface area contributed by atoms with E-state index in [1.54, 1.807) is 4.90 Å². The second-order valence-electron chi connectivity index (χ2n) is 8.89. The van der Waals surface area contributed by atoms with Crippen molar-refractivity contribution in [2.75, 3.05) is 11.9 Å². The number of amides is 2. The predicted molar refractivity (Wildman–Crippen MR) is 132 cm³/mol. The molecule has 0 spiro atoms. The monoisotopic (exact) mass is 516 g/mol. The third kappa shape index (κ3) is 6.29. The molecule has 0 saturated heterocycles. The molecule has 0 bridgehead atoms. The number of halogens is 3. The van der Waals surface area contributed by atoms with E-state index in [4.69, 9.17) is 0 Å². The maximum Gasteiger partial charge on any atom is 0.416 e. The molecule has 1 aliphatic carbocycles. The molecule has 1 N–H and O–H groups in total. The molecule has 0 radical (unpaired) electrons. The topological polar surface area (TPSA) is 75.2 Å². The molecular weight excluding hydrogens is 489 g/mol. The Morgan fingerprint density at radius 2 is 1.72 bits per heavy atom. The highest BCUT2D eigenvalue weighted by Crippen LogP contribution is 2.33. The molecule has 4 rings (SSSR count). The summed E-state index contributed by atoms with van der Waals surface area (Å²) in [6.07, 6.45) is -0.485. The summed E-state index contributed by atoms with van der Waals surface area (Å²) in [5.74, 6) is -0.236. The van der Waals surface area contributed by atoms with Gasteiger partial charge in [0, 0.05) is 24.4 Å². The van der Waals surface area contributed by atoms with Crippen LogP contribution in [-0.4, -0.2) is 33.5 Å². The van der Waals surface area contributed by atoms with Gasteiger partial charge in [0.2, 0.25) is 16.9 Å². The van der Waals surface area contributed by atoms with Crippen LogP contribution in [-0.2, 0) is 15.8 Å². The third-order valence-corrected chi connectivity index (χ3v) is 7.34. The summed E-state index contributed by atoms with van der Waals surface area (Å²) in [4.78, 5) is 27.8. The molecule has 2 amide bonds. The van der Waals surface area contributed by atoms with Gasteiger partial charge in [0.15, 0.2) is 0 Å². The van der Waals surface area contributed by atoms with Crippen LogP contribution in [0.1, 0.15) is 56.2 Å². The average molecular weight is 517 g/mol. The molecule has 2 aromatic carbocycles. The Kier molecular flexibility index (Phi) is 8.03. The predicted octanol–water partition coefficient (Wildman–Crippen LogP) is 6.33. The van der Waals surface area contributed by atoms with Gasteiger partial charge >= 0.3 is 6.18 Å². The molecule has 6 nitrogen and oxygen atoms in total. The fraction of sp³-hybridized carbons (Fsp3) is 0.385. The Balaban J connectivity index is 1.39. The van der Waals surface area contributed by atoms with Crippen molar-refractivity contribution >= 4 is 28.3 Å². The van der Waals surface area contributed by atoms with Crippen LogP contribution in [0.3, 0.4) is 0 Å². The summed E-state index contributed by atoms with van der Waals surface area (Å²) in [7, 11) is 0. The molecular formula is C26H27F3N4O2S. The number of nitrogens with one attached hydrogen (secondary N) is 1. The largest absolute Gasteiger partial charge is 0.416 e. The fourth-order valence-electron chi connectivity index (χ4n) is 4.41. The van der Waals surface area contributed by atoms with Gasteiger partial charge in [-0.1, -0.05) is 66.6 Å². The van der Waals surface area contributed by atoms with Crippen LogP contribution in [0.25, 0.3) is 10.6 Å². The summed E-state index contributed by atoms with van der Waals surface area (Å²) in [5.41, 5.74) is 0.742. The summed E-state index contributed by atoms with van der Waals surface area (Å²) < 4.78 is 38.4. The van der Waals surface area contributed by atoms with E-state index >= 15 is 0 Å². The third-order valence-electron chi connectivity index (χ3n) is 6.45. The highest BCUT2D eigenvalue weighted by atomic mass is 32.1. The van der Waals surface area contributed by atoms with Crippen LogP contribution in [0.2, 0.25) is 0 Å². The highest BCUT2D eigenvalue weighted by Gasteiger charge is 2.31. The Morgan fingerprint density at radius 3 is 2.36 bits per heavy atom. The van der Waals surface area contributed by atoms with E-state index in [2.05, 4.69) is 15.5 Å². The summed E-state index contributed by atoms with van der Waals surface area (Å²) >= 11 is 1.08. The van der Waals surface area contributed by atoms with Crippen molar-refractivity contribution in [2.24, 2.45) is 5.92 Å². The van der Waals surface area contributed by atoms with Gasteiger partial charge in [0.1, 0.15) is 5.01 Å². The van der Waals surface area contributed by atoms with Crippen LogP contribution in [0.4, 0.5) is 18.3 Å². The van der Waals surface area contributed by atoms with Gasteiger partial charge < -0.3 is 10.2 Å². The number of benzene rings is 2. The van der Waals surface area contributed by atoms with Gasteiger partial charge in [-0.05, 0) is 37.5 Å². The molecule has 1 saturated carbocycles. The van der Waals surface area contributed by atoms with E-state index < -0.39 is 11.7 Å². The summed E-state index contributed by atoms with van der Waals surface area (Å²) in [5, 5.41) is 11.3. The van der Waals surface area contributed by atoms with Crippen LogP contribution in [0, 0.1) is 5.92 Å². The Bertz CT molecular complexity index is 1180. The fourth-order valence-corrected chi connectivity index (χ4v) is 5.17. The Labute approximate surface area is 211 Å². The number of rotatable bonds is 8. The lowest BCUT2D eigenvalue weighted by Gasteiger charge is -2.32. The molecule has 3 aromatic rings. The van der Waals surface area contributed by atoms with E-state index in [0.29, 0.717) is 10.6 Å². The van der Waals surface area contributed by atoms with Gasteiger partial charge in [-0.2, -0.15) is 13.2 Å². The smallest absolute Gasteiger partial charge is 0.335 e. The van der Waals surface area contributed by atoms with Crippen molar-refractivity contribution in [1.82, 2.24) is 15.1 Å². The molecule has 1 aromatic heterocycles. The number of nitrogens with zero attached hydrogens (tertiary/aromatic N) is 3. The molecule has 10 heteroatoms. The standard InChI is InChI=1S/C26H27F3N4O2S/c1-17(18-7-3-2-4-8-18)33(24(35)20-9-5-6-10-20)16-15-22(34)30-25-32-31-23(36-25)19-11-13-21(14-12-19)26(27,28)29/h2-4,7-8,11-14,17,20H,5-6,9-10,15-16H2,1H3,(H,30,32,34)/t17-/m1/s1. The van der Waals surface area contributed by atoms with Crippen molar-refractivity contribution in [1.29, 1.82) is 0 Å². The first-order chi connectivity index (χ1) is 17.2. The number of hydrogen-bond acceptors (Lipinski definition) is 5. The minimum absolute atomic E-state index is 0.00585. The first-order valence-electron chi connectivity index (χ1n) is 11.9. The molecule has 1 heterocycles. The quantitative estimate of drug-likeness (QED) is 0.380. The lowest BCUT2D eigenvalue weighted by atomic mass is 10.0. The molecule has 0 aliphatic heterocycles. The van der Waals surface area contributed by atoms with Crippen molar-refractivity contribution in [3.8, 4) is 10.6 Å². The maximum absolute atomic E-state index is 13.3. The number of carbonyl (C=O) groups excluding carboxylic acids is 2. The van der Waals surface area contributed by atoms with Crippen molar-refractivity contribution in [2.45, 2.75) is 51.2 Å². The van der Waals surface area contributed by atoms with Gasteiger partial charge in [-0.3, -0.25) is 9.59 Å². The van der Waals surface area contributed by atoms with Crippen LogP contribution >= 0.6 is 11.3 Å². The zero-order valence-corrected chi connectivity index (χ0v) is 20.6. The van der Waals surface area contributed by atoms with Crippen molar-refractivity contribution < 1.29 is 22.8 Å². The lowest BCUT2D eigenvalue weighted by molar-refractivity contribution is -0.138. The van der Waals surface area contributed by atoms with Gasteiger partial charge in [0.25, 0.3) is 0 Å². The average Bonchev–Trinajstić information content (AvgIpc) is 3.57. The first kappa shape index (κ1) is 25.8. The van der Waals surface area contributed by atoms with E-state index in [-0.39, 0.29) is 41.9 Å². The number of alkyl halides is 3.